The summed E-state index contributed by atoms with van der Waals surface area (Å²) < 4.78 is 1.29. The van der Waals surface area contributed by atoms with Gasteiger partial charge in [0.1, 0.15) is 18.3 Å². The molecule has 0 saturated carbocycles. The van der Waals surface area contributed by atoms with Crippen LogP contribution in [0.5, 0.6) is 0 Å². The normalized spacial score (nSPS) is 21.9. The van der Waals surface area contributed by atoms with E-state index < -0.39 is 51.0 Å². The number of aromatic nitrogens is 2. The first-order valence-electron chi connectivity index (χ1n) is 15.1. The highest BCUT2D eigenvalue weighted by molar-refractivity contribution is 6.09. The van der Waals surface area contributed by atoms with E-state index in [9.17, 15) is 39.7 Å². The summed E-state index contributed by atoms with van der Waals surface area (Å²) in [5.74, 6) is -5.08. The first-order valence-corrected chi connectivity index (χ1v) is 15.1. The van der Waals surface area contributed by atoms with Crippen LogP contribution in [0.1, 0.15) is 34.1 Å². The van der Waals surface area contributed by atoms with Gasteiger partial charge in [-0.1, -0.05) is 78.9 Å². The fourth-order valence-electron chi connectivity index (χ4n) is 6.71. The van der Waals surface area contributed by atoms with Crippen LogP contribution in [0.15, 0.2) is 85.1 Å². The Morgan fingerprint density at radius 1 is 0.917 bits per heavy atom. The Morgan fingerprint density at radius 3 is 2.17 bits per heavy atom. The summed E-state index contributed by atoms with van der Waals surface area (Å²) in [7, 11) is 0. The van der Waals surface area contributed by atoms with Crippen LogP contribution in [0.4, 0.5) is 11.5 Å². The molecule has 0 aliphatic carbocycles. The van der Waals surface area contributed by atoms with Crippen LogP contribution in [-0.2, 0) is 27.3 Å². The zero-order valence-corrected chi connectivity index (χ0v) is 25.6. The van der Waals surface area contributed by atoms with Crippen molar-refractivity contribution in [2.45, 2.75) is 31.5 Å². The van der Waals surface area contributed by atoms with Crippen molar-refractivity contribution in [1.82, 2.24) is 19.8 Å². The maximum absolute atomic E-state index is 14.1. The van der Waals surface area contributed by atoms with Gasteiger partial charge in [-0.25, -0.2) is 9.55 Å². The largest absolute Gasteiger partial charge is 0.480 e. The lowest BCUT2D eigenvalue weighted by Crippen LogP contribution is -2.57. The average molecular weight is 651 g/mol. The molecule has 2 aliphatic rings. The number of nitro groups is 2. The Kier molecular flexibility index (Phi) is 8.41. The Hall–Kier alpha value is -6.02. The van der Waals surface area contributed by atoms with Gasteiger partial charge in [0.2, 0.25) is 11.8 Å². The summed E-state index contributed by atoms with van der Waals surface area (Å²) >= 11 is 0. The van der Waals surface area contributed by atoms with Crippen molar-refractivity contribution in [3.63, 3.8) is 0 Å². The molecular formula is C34H30N6O8. The molecular weight excluding hydrogens is 620 g/mol. The van der Waals surface area contributed by atoms with Gasteiger partial charge in [0.15, 0.2) is 5.82 Å². The summed E-state index contributed by atoms with van der Waals surface area (Å²) in [5.41, 5.74) is 0.751. The minimum atomic E-state index is -1.95. The number of carbonyl (C=O) groups excluding carboxylic acids is 2. The lowest BCUT2D eigenvalue weighted by molar-refractivity contribution is -0.392. The maximum atomic E-state index is 14.1. The maximum Gasteiger partial charge on any atom is 0.342 e. The number of carbonyl (C=O) groups is 3. The fraction of sp³-hybridized carbons (Fsp3) is 0.235. The minimum absolute atomic E-state index is 0.109. The molecule has 48 heavy (non-hydrogen) atoms. The van der Waals surface area contributed by atoms with Crippen molar-refractivity contribution in [1.29, 1.82) is 0 Å². The smallest absolute Gasteiger partial charge is 0.342 e. The molecule has 2 N–H and O–H groups in total. The van der Waals surface area contributed by atoms with Gasteiger partial charge in [-0.2, -0.15) is 0 Å². The molecule has 1 aromatic heterocycles. The molecule has 14 heteroatoms. The number of nitro benzene ring substituents is 1. The molecule has 244 valence electrons. The second-order valence-corrected chi connectivity index (χ2v) is 11.8. The van der Waals surface area contributed by atoms with Crippen molar-refractivity contribution < 1.29 is 29.3 Å². The van der Waals surface area contributed by atoms with Gasteiger partial charge in [-0.3, -0.25) is 34.7 Å². The SMILES string of the molecule is Cc1ncc([N+](=O)[O-])n1CCN1C(=O)C2C(c3ccc(C=Cc4ccccc4)cc3)NC(Cc3ccc([N+](=O)[O-])cc3)(C(=O)O)C2C1=O. The predicted octanol–water partition coefficient (Wildman–Crippen LogP) is 4.19. The summed E-state index contributed by atoms with van der Waals surface area (Å²) in [5, 5.41) is 36.7. The van der Waals surface area contributed by atoms with Crippen molar-refractivity contribution in [2.75, 3.05) is 6.54 Å². The number of nitrogens with one attached hydrogen (secondary N) is 1. The van der Waals surface area contributed by atoms with Crippen molar-refractivity contribution in [3.8, 4) is 0 Å². The number of fused-ring (bicyclic) bond motifs is 1. The van der Waals surface area contributed by atoms with E-state index in [1.54, 1.807) is 19.1 Å². The second-order valence-electron chi connectivity index (χ2n) is 11.8. The number of hydrogen-bond acceptors (Lipinski definition) is 9. The third kappa shape index (κ3) is 5.73. The van der Waals surface area contributed by atoms with Crippen LogP contribution in [0.2, 0.25) is 0 Å². The Bertz CT molecular complexity index is 1940. The Labute approximate surface area is 273 Å². The third-order valence-corrected chi connectivity index (χ3v) is 9.09. The molecule has 3 aromatic carbocycles. The lowest BCUT2D eigenvalue weighted by Gasteiger charge is -2.31. The molecule has 2 amide bonds. The van der Waals surface area contributed by atoms with Crippen LogP contribution in [-0.4, -0.2) is 59.3 Å². The van der Waals surface area contributed by atoms with E-state index in [1.165, 1.54) is 28.8 Å². The van der Waals surface area contributed by atoms with E-state index in [4.69, 9.17) is 0 Å². The molecule has 2 saturated heterocycles. The molecule has 3 heterocycles. The molecule has 4 aromatic rings. The number of non-ortho nitro benzene ring substituents is 1. The first-order chi connectivity index (χ1) is 23.0. The van der Waals surface area contributed by atoms with E-state index in [0.717, 1.165) is 22.2 Å². The lowest BCUT2D eigenvalue weighted by atomic mass is 9.76. The summed E-state index contributed by atoms with van der Waals surface area (Å²) in [6, 6.07) is 21.4. The van der Waals surface area contributed by atoms with Crippen molar-refractivity contribution >= 4 is 41.4 Å². The molecule has 4 unspecified atom stereocenters. The van der Waals surface area contributed by atoms with Gasteiger partial charge >= 0.3 is 11.8 Å². The molecule has 14 nitrogen and oxygen atoms in total. The summed E-state index contributed by atoms with van der Waals surface area (Å²) in [4.78, 5) is 67.9. The monoisotopic (exact) mass is 650 g/mol. The number of aliphatic carboxylic acids is 1. The number of nitrogens with zero attached hydrogens (tertiary/aromatic N) is 5. The minimum Gasteiger partial charge on any atom is -0.480 e. The zero-order valence-electron chi connectivity index (χ0n) is 25.6. The van der Waals surface area contributed by atoms with Crippen molar-refractivity contribution in [3.05, 3.63) is 133 Å². The van der Waals surface area contributed by atoms with E-state index >= 15 is 0 Å². The van der Waals surface area contributed by atoms with E-state index in [0.29, 0.717) is 17.0 Å². The van der Waals surface area contributed by atoms with Gasteiger partial charge in [0.25, 0.3) is 5.69 Å². The number of hydrogen-bond donors (Lipinski definition) is 2. The van der Waals surface area contributed by atoms with Crippen LogP contribution in [0.3, 0.4) is 0 Å². The molecule has 0 bridgehead atoms. The zero-order chi connectivity index (χ0) is 34.2. The molecule has 6 rings (SSSR count). The summed E-state index contributed by atoms with van der Waals surface area (Å²) in [6.45, 7) is 1.22. The third-order valence-electron chi connectivity index (χ3n) is 9.09. The van der Waals surface area contributed by atoms with Crippen LogP contribution < -0.4 is 5.32 Å². The molecule has 2 fully saturated rings. The van der Waals surface area contributed by atoms with Crippen LogP contribution in [0.25, 0.3) is 12.2 Å². The summed E-state index contributed by atoms with van der Waals surface area (Å²) in [6.07, 6.45) is 4.72. The average Bonchev–Trinajstić information content (AvgIpc) is 3.70. The fourth-order valence-corrected chi connectivity index (χ4v) is 6.71. The first kappa shape index (κ1) is 31.9. The molecule has 4 atom stereocenters. The number of carboxylic acid groups (broad SMARTS) is 1. The Morgan fingerprint density at radius 2 is 1.56 bits per heavy atom. The number of imidazole rings is 1. The number of carboxylic acids is 1. The number of rotatable bonds is 11. The van der Waals surface area contributed by atoms with Gasteiger partial charge in [-0.05, 0) is 27.2 Å². The highest BCUT2D eigenvalue weighted by Crippen LogP contribution is 2.50. The van der Waals surface area contributed by atoms with E-state index in [2.05, 4.69) is 10.3 Å². The van der Waals surface area contributed by atoms with Gasteiger partial charge in [0.05, 0.1) is 23.3 Å². The molecule has 0 spiro atoms. The highest BCUT2D eigenvalue weighted by atomic mass is 16.6. The number of aryl methyl sites for hydroxylation is 1. The predicted molar refractivity (Wildman–Crippen MR) is 172 cm³/mol. The van der Waals surface area contributed by atoms with Crippen molar-refractivity contribution in [2.24, 2.45) is 11.8 Å². The number of amides is 2. The van der Waals surface area contributed by atoms with Gasteiger partial charge in [-0.15, -0.1) is 0 Å². The highest BCUT2D eigenvalue weighted by Gasteiger charge is 2.68. The molecule has 2 aliphatic heterocycles. The van der Waals surface area contributed by atoms with E-state index in [-0.39, 0.29) is 31.0 Å². The Balaban J connectivity index is 1.35. The molecule has 0 radical (unpaired) electrons. The standard InChI is InChI=1S/C34H30N6O8/c1-21-35-20-27(40(47)48)37(21)17-18-38-31(41)28-29(32(38)42)34(33(43)44,19-24-11-15-26(16-12-24)39(45)46)36-30(28)25-13-9-23(10-14-25)8-7-22-5-3-2-4-6-22/h2-16,20,28-30,36H,17-19H2,1H3,(H,43,44). The van der Waals surface area contributed by atoms with Gasteiger partial charge < -0.3 is 15.2 Å². The van der Waals surface area contributed by atoms with Gasteiger partial charge in [0, 0.05) is 31.5 Å². The quantitative estimate of drug-likeness (QED) is 0.103. The second kappa shape index (κ2) is 12.6. The van der Waals surface area contributed by atoms with E-state index in [1.807, 2.05) is 54.6 Å². The van der Waals surface area contributed by atoms with Crippen LogP contribution >= 0.6 is 0 Å². The van der Waals surface area contributed by atoms with Crippen LogP contribution in [0, 0.1) is 39.0 Å². The number of imide groups is 1. The topological polar surface area (TPSA) is 191 Å². The number of benzene rings is 3. The number of likely N-dealkylation sites (tertiary alicyclic amines) is 1.